The highest BCUT2D eigenvalue weighted by Crippen LogP contribution is 2.14. The molecule has 0 spiro atoms. The molecule has 2 N–H and O–H groups in total. The molecule has 164 valence electrons. The zero-order chi connectivity index (χ0) is 21.1. The van der Waals surface area contributed by atoms with Crippen molar-refractivity contribution in [3.8, 4) is 0 Å². The summed E-state index contributed by atoms with van der Waals surface area (Å²) >= 11 is 0. The fraction of sp³-hybridized carbons (Fsp3) is 0.696. The molecule has 1 aliphatic heterocycles. The number of morpholine rings is 1. The molecule has 0 radical (unpaired) electrons. The Hall–Kier alpha value is -1.63. The van der Waals surface area contributed by atoms with Gasteiger partial charge in [0.2, 0.25) is 0 Å². The van der Waals surface area contributed by atoms with Gasteiger partial charge in [-0.25, -0.2) is 4.99 Å². The Morgan fingerprint density at radius 3 is 2.45 bits per heavy atom. The van der Waals surface area contributed by atoms with Crippen LogP contribution in [-0.4, -0.2) is 75.3 Å². The molecule has 2 rings (SSSR count). The number of aliphatic imine (C=N–C) groups is 1. The third kappa shape index (κ3) is 8.72. The molecule has 0 bridgehead atoms. The van der Waals surface area contributed by atoms with Gasteiger partial charge in [0.15, 0.2) is 5.96 Å². The van der Waals surface area contributed by atoms with Gasteiger partial charge < -0.3 is 20.3 Å². The molecule has 6 nitrogen and oxygen atoms in total. The second-order valence-corrected chi connectivity index (χ2v) is 8.51. The van der Waals surface area contributed by atoms with Gasteiger partial charge in [-0.15, -0.1) is 0 Å². The van der Waals surface area contributed by atoms with Crippen molar-refractivity contribution in [3.63, 3.8) is 0 Å². The van der Waals surface area contributed by atoms with Gasteiger partial charge in [-0.1, -0.05) is 38.1 Å². The average molecular weight is 404 g/mol. The van der Waals surface area contributed by atoms with Crippen LogP contribution >= 0.6 is 0 Å². The maximum atomic E-state index is 5.54. The minimum Gasteiger partial charge on any atom is -0.379 e. The van der Waals surface area contributed by atoms with E-state index in [1.165, 1.54) is 17.5 Å². The number of nitrogens with zero attached hydrogens (tertiary/aromatic N) is 3. The van der Waals surface area contributed by atoms with Gasteiger partial charge in [0.05, 0.1) is 19.8 Å². The number of benzene rings is 1. The third-order valence-electron chi connectivity index (χ3n) is 5.17. The van der Waals surface area contributed by atoms with Crippen LogP contribution in [0.1, 0.15) is 38.3 Å². The Kier molecular flexibility index (Phi) is 10.5. The Morgan fingerprint density at radius 2 is 1.83 bits per heavy atom. The summed E-state index contributed by atoms with van der Waals surface area (Å²) in [5.41, 5.74) is 2.62. The lowest BCUT2D eigenvalue weighted by atomic mass is 10.0. The van der Waals surface area contributed by atoms with Crippen LogP contribution in [0.2, 0.25) is 0 Å². The van der Waals surface area contributed by atoms with Gasteiger partial charge in [-0.2, -0.15) is 0 Å². The maximum Gasteiger partial charge on any atom is 0.191 e. The van der Waals surface area contributed by atoms with Crippen molar-refractivity contribution in [1.29, 1.82) is 0 Å². The molecule has 1 fully saturated rings. The topological polar surface area (TPSA) is 52.1 Å². The predicted molar refractivity (Wildman–Crippen MR) is 122 cm³/mol. The van der Waals surface area contributed by atoms with Crippen LogP contribution < -0.4 is 10.6 Å². The zero-order valence-corrected chi connectivity index (χ0v) is 19.1. The van der Waals surface area contributed by atoms with Crippen molar-refractivity contribution < 1.29 is 4.74 Å². The van der Waals surface area contributed by atoms with Crippen molar-refractivity contribution >= 4 is 5.96 Å². The molecule has 1 unspecified atom stereocenters. The molecule has 1 aromatic carbocycles. The molecular formula is C23H41N5O. The molecule has 1 atom stereocenters. The van der Waals surface area contributed by atoms with E-state index >= 15 is 0 Å². The van der Waals surface area contributed by atoms with E-state index in [1.807, 2.05) is 0 Å². The summed E-state index contributed by atoms with van der Waals surface area (Å²) in [6.07, 6.45) is 1.18. The predicted octanol–water partition coefficient (Wildman–Crippen LogP) is 2.55. The fourth-order valence-corrected chi connectivity index (χ4v) is 3.78. The van der Waals surface area contributed by atoms with Crippen molar-refractivity contribution in [2.24, 2.45) is 10.9 Å². The van der Waals surface area contributed by atoms with E-state index in [-0.39, 0.29) is 0 Å². The summed E-state index contributed by atoms with van der Waals surface area (Å²) < 4.78 is 5.54. The van der Waals surface area contributed by atoms with E-state index in [4.69, 9.17) is 9.73 Å². The number of hydrogen-bond acceptors (Lipinski definition) is 4. The second kappa shape index (κ2) is 12.8. The monoisotopic (exact) mass is 403 g/mol. The molecule has 1 heterocycles. The number of hydrogen-bond donors (Lipinski definition) is 2. The zero-order valence-electron chi connectivity index (χ0n) is 19.1. The van der Waals surface area contributed by atoms with Crippen LogP contribution in [0.4, 0.5) is 0 Å². The molecule has 0 saturated carbocycles. The van der Waals surface area contributed by atoms with E-state index in [0.717, 1.165) is 51.9 Å². The highest BCUT2D eigenvalue weighted by Gasteiger charge is 2.22. The molecule has 0 aromatic heterocycles. The Bertz CT molecular complexity index is 611. The van der Waals surface area contributed by atoms with Crippen LogP contribution in [0.3, 0.4) is 0 Å². The Morgan fingerprint density at radius 1 is 1.14 bits per heavy atom. The lowest BCUT2D eigenvalue weighted by Gasteiger charge is -2.35. The van der Waals surface area contributed by atoms with Gasteiger partial charge >= 0.3 is 0 Å². The lowest BCUT2D eigenvalue weighted by Crippen LogP contribution is -2.51. The molecule has 6 heteroatoms. The highest BCUT2D eigenvalue weighted by atomic mass is 16.5. The molecule has 0 amide bonds. The number of nitrogens with one attached hydrogen (secondary N) is 2. The van der Waals surface area contributed by atoms with Crippen molar-refractivity contribution in [2.45, 2.75) is 46.3 Å². The Balaban J connectivity index is 2.02. The summed E-state index contributed by atoms with van der Waals surface area (Å²) in [5, 5.41) is 7.01. The molecule has 1 aromatic rings. The van der Waals surface area contributed by atoms with E-state index in [9.17, 15) is 0 Å². The normalized spacial score (nSPS) is 17.0. The van der Waals surface area contributed by atoms with E-state index in [0.29, 0.717) is 18.5 Å². The Labute approximate surface area is 177 Å². The van der Waals surface area contributed by atoms with Gasteiger partial charge in [0.25, 0.3) is 0 Å². The molecule has 0 aliphatic carbocycles. The third-order valence-corrected chi connectivity index (χ3v) is 5.17. The minimum atomic E-state index is 0.504. The second-order valence-electron chi connectivity index (χ2n) is 8.51. The molecule has 29 heavy (non-hydrogen) atoms. The summed E-state index contributed by atoms with van der Waals surface area (Å²) in [6, 6.07) is 9.09. The maximum absolute atomic E-state index is 5.54. The average Bonchev–Trinajstić information content (AvgIpc) is 2.70. The first-order chi connectivity index (χ1) is 14.0. The van der Waals surface area contributed by atoms with Crippen LogP contribution in [0.5, 0.6) is 0 Å². The van der Waals surface area contributed by atoms with Crippen molar-refractivity contribution in [2.75, 3.05) is 53.5 Å². The van der Waals surface area contributed by atoms with Crippen LogP contribution in [0, 0.1) is 5.92 Å². The van der Waals surface area contributed by atoms with Crippen LogP contribution in [0.25, 0.3) is 0 Å². The van der Waals surface area contributed by atoms with Gasteiger partial charge in [-0.3, -0.25) is 4.90 Å². The molecule has 1 saturated heterocycles. The van der Waals surface area contributed by atoms with Crippen LogP contribution in [0.15, 0.2) is 29.3 Å². The first-order valence-electron chi connectivity index (χ1n) is 11.0. The van der Waals surface area contributed by atoms with Gasteiger partial charge in [0, 0.05) is 38.8 Å². The quantitative estimate of drug-likeness (QED) is 0.464. The molecular weight excluding hydrogens is 362 g/mol. The summed E-state index contributed by atoms with van der Waals surface area (Å²) in [6.45, 7) is 13.8. The number of guanidine groups is 1. The van der Waals surface area contributed by atoms with Crippen molar-refractivity contribution in [3.05, 3.63) is 35.4 Å². The summed E-state index contributed by atoms with van der Waals surface area (Å²) in [7, 11) is 4.21. The van der Waals surface area contributed by atoms with E-state index < -0.39 is 0 Å². The molecule has 1 aliphatic rings. The summed E-state index contributed by atoms with van der Waals surface area (Å²) in [5.74, 6) is 1.57. The minimum absolute atomic E-state index is 0.504. The highest BCUT2D eigenvalue weighted by molar-refractivity contribution is 5.79. The van der Waals surface area contributed by atoms with Gasteiger partial charge in [0.1, 0.15) is 0 Å². The first kappa shape index (κ1) is 23.6. The fourth-order valence-electron chi connectivity index (χ4n) is 3.78. The van der Waals surface area contributed by atoms with Gasteiger partial charge in [-0.05, 0) is 44.5 Å². The number of ether oxygens (including phenoxy) is 1. The SMILES string of the molecule is CCNC(=NCc1ccccc1CN(C)C)NCC(CC(C)C)N1CCOCC1. The van der Waals surface area contributed by atoms with E-state index in [2.05, 4.69) is 79.6 Å². The first-order valence-corrected chi connectivity index (χ1v) is 11.0. The van der Waals surface area contributed by atoms with Crippen molar-refractivity contribution in [1.82, 2.24) is 20.4 Å². The largest absolute Gasteiger partial charge is 0.379 e. The van der Waals surface area contributed by atoms with Crippen LogP contribution in [-0.2, 0) is 17.8 Å². The lowest BCUT2D eigenvalue weighted by molar-refractivity contribution is 0.0132. The van der Waals surface area contributed by atoms with E-state index in [1.54, 1.807) is 0 Å². The summed E-state index contributed by atoms with van der Waals surface area (Å²) in [4.78, 5) is 9.64. The smallest absolute Gasteiger partial charge is 0.191 e. The number of rotatable bonds is 10. The standard InChI is InChI=1S/C23H41N5O/c1-6-24-23(25-16-20-9-7-8-10-21(20)18-27(4)5)26-17-22(15-19(2)3)28-11-13-29-14-12-28/h7-10,19,22H,6,11-18H2,1-5H3,(H2,24,25,26).